The number of aliphatic hydroxyl groups is 1. The Bertz CT molecular complexity index is 381. The number of aromatic nitrogens is 1. The molecule has 1 aromatic rings. The van der Waals surface area contributed by atoms with Crippen LogP contribution in [-0.2, 0) is 0 Å². The predicted molar refractivity (Wildman–Crippen MR) is 68.8 cm³/mol. The van der Waals surface area contributed by atoms with Gasteiger partial charge in [0.1, 0.15) is 5.82 Å². The Kier molecular flexibility index (Phi) is 3.64. The summed E-state index contributed by atoms with van der Waals surface area (Å²) < 4.78 is 0. The third-order valence-electron chi connectivity index (χ3n) is 3.65. The molecule has 0 bridgehead atoms. The van der Waals surface area contributed by atoms with E-state index in [1.807, 2.05) is 19.1 Å². The van der Waals surface area contributed by atoms with Gasteiger partial charge < -0.3 is 15.7 Å². The van der Waals surface area contributed by atoms with Crippen LogP contribution in [0.3, 0.4) is 0 Å². The quantitative estimate of drug-likeness (QED) is 0.829. The van der Waals surface area contributed by atoms with Gasteiger partial charge in [-0.2, -0.15) is 0 Å². The molecule has 0 amide bonds. The maximum Gasteiger partial charge on any atom is 0.133 e. The predicted octanol–water partition coefficient (Wildman–Crippen LogP) is 1.31. The molecule has 4 nitrogen and oxygen atoms in total. The number of rotatable bonds is 3. The zero-order valence-electron chi connectivity index (χ0n) is 10.5. The molecule has 0 saturated carbocycles. The summed E-state index contributed by atoms with van der Waals surface area (Å²) in [5, 5.41) is 9.50. The van der Waals surface area contributed by atoms with E-state index in [9.17, 15) is 5.11 Å². The smallest absolute Gasteiger partial charge is 0.133 e. The van der Waals surface area contributed by atoms with Crippen molar-refractivity contribution in [1.29, 1.82) is 0 Å². The van der Waals surface area contributed by atoms with Gasteiger partial charge in [-0.3, -0.25) is 0 Å². The summed E-state index contributed by atoms with van der Waals surface area (Å²) in [4.78, 5) is 6.65. The molecule has 2 rings (SSSR count). The van der Waals surface area contributed by atoms with Gasteiger partial charge in [-0.25, -0.2) is 4.98 Å². The molecule has 1 aromatic heterocycles. The Balaban J connectivity index is 2.33. The Labute approximate surface area is 102 Å². The molecule has 0 aromatic carbocycles. The van der Waals surface area contributed by atoms with Crippen molar-refractivity contribution in [3.05, 3.63) is 23.9 Å². The number of hydrogen-bond acceptors (Lipinski definition) is 4. The van der Waals surface area contributed by atoms with Gasteiger partial charge in [0.15, 0.2) is 0 Å². The molecular weight excluding hydrogens is 214 g/mol. The van der Waals surface area contributed by atoms with E-state index < -0.39 is 0 Å². The van der Waals surface area contributed by atoms with E-state index in [0.717, 1.165) is 24.3 Å². The first kappa shape index (κ1) is 12.3. The van der Waals surface area contributed by atoms with Crippen molar-refractivity contribution >= 4 is 5.82 Å². The third-order valence-corrected chi connectivity index (χ3v) is 3.65. The highest BCUT2D eigenvalue weighted by Crippen LogP contribution is 2.31. The fourth-order valence-corrected chi connectivity index (χ4v) is 2.55. The van der Waals surface area contributed by atoms with Crippen LogP contribution in [0.5, 0.6) is 0 Å². The first-order chi connectivity index (χ1) is 8.15. The van der Waals surface area contributed by atoms with E-state index in [4.69, 9.17) is 5.73 Å². The molecule has 1 fully saturated rings. The molecule has 0 radical (unpaired) electrons. The van der Waals surface area contributed by atoms with Crippen molar-refractivity contribution in [2.24, 2.45) is 11.7 Å². The van der Waals surface area contributed by atoms with Gasteiger partial charge in [-0.05, 0) is 25.3 Å². The lowest BCUT2D eigenvalue weighted by molar-refractivity contribution is 0.244. The average Bonchev–Trinajstić information content (AvgIpc) is 2.70. The van der Waals surface area contributed by atoms with E-state index >= 15 is 0 Å². The molecular formula is C13H21N3O. The number of nitrogens with two attached hydrogens (primary N) is 1. The van der Waals surface area contributed by atoms with Crippen molar-refractivity contribution in [2.75, 3.05) is 18.1 Å². The van der Waals surface area contributed by atoms with Gasteiger partial charge >= 0.3 is 0 Å². The van der Waals surface area contributed by atoms with Gasteiger partial charge in [0.2, 0.25) is 0 Å². The van der Waals surface area contributed by atoms with E-state index in [0.29, 0.717) is 5.92 Å². The molecule has 3 N–H and O–H groups in total. The standard InChI is InChI=1S/C13H21N3O/c1-9-5-7-16(12(9)8-17)13-11(10(2)14)4-3-6-15-13/h3-4,6,9-10,12,17H,5,7-8,14H2,1-2H3/t9?,10-,12?/m0/s1. The van der Waals surface area contributed by atoms with Crippen LogP contribution in [0.2, 0.25) is 0 Å². The van der Waals surface area contributed by atoms with Crippen LogP contribution >= 0.6 is 0 Å². The maximum atomic E-state index is 9.50. The number of pyridine rings is 1. The van der Waals surface area contributed by atoms with Gasteiger partial charge in [-0.15, -0.1) is 0 Å². The summed E-state index contributed by atoms with van der Waals surface area (Å²) in [5.41, 5.74) is 7.03. The lowest BCUT2D eigenvalue weighted by Crippen LogP contribution is -2.36. The number of hydrogen-bond donors (Lipinski definition) is 2. The maximum absolute atomic E-state index is 9.50. The summed E-state index contributed by atoms with van der Waals surface area (Å²) in [6.45, 7) is 5.27. The summed E-state index contributed by atoms with van der Waals surface area (Å²) in [7, 11) is 0. The highest BCUT2D eigenvalue weighted by atomic mass is 16.3. The lowest BCUT2D eigenvalue weighted by atomic mass is 10.0. The van der Waals surface area contributed by atoms with Crippen LogP contribution < -0.4 is 10.6 Å². The number of anilines is 1. The summed E-state index contributed by atoms with van der Waals surface area (Å²) in [5.74, 6) is 1.44. The third kappa shape index (κ3) is 2.28. The monoisotopic (exact) mass is 235 g/mol. The summed E-state index contributed by atoms with van der Waals surface area (Å²) in [6, 6.07) is 4.07. The van der Waals surface area contributed by atoms with E-state index in [1.54, 1.807) is 6.20 Å². The number of nitrogens with zero attached hydrogens (tertiary/aromatic N) is 2. The van der Waals surface area contributed by atoms with Crippen LogP contribution in [0, 0.1) is 5.92 Å². The zero-order valence-corrected chi connectivity index (χ0v) is 10.5. The van der Waals surface area contributed by atoms with Crippen molar-refractivity contribution in [3.63, 3.8) is 0 Å². The molecule has 17 heavy (non-hydrogen) atoms. The fourth-order valence-electron chi connectivity index (χ4n) is 2.55. The molecule has 2 unspecified atom stereocenters. The molecule has 4 heteroatoms. The normalized spacial score (nSPS) is 26.2. The second-order valence-electron chi connectivity index (χ2n) is 4.91. The highest BCUT2D eigenvalue weighted by molar-refractivity contribution is 5.50. The van der Waals surface area contributed by atoms with Crippen LogP contribution in [-0.4, -0.2) is 29.3 Å². The fraction of sp³-hybridized carbons (Fsp3) is 0.615. The Morgan fingerprint density at radius 1 is 1.65 bits per heavy atom. The Hall–Kier alpha value is -1.13. The summed E-state index contributed by atoms with van der Waals surface area (Å²) >= 11 is 0. The topological polar surface area (TPSA) is 62.4 Å². The molecule has 2 heterocycles. The first-order valence-electron chi connectivity index (χ1n) is 6.23. The van der Waals surface area contributed by atoms with Gasteiger partial charge in [0, 0.05) is 24.3 Å². The van der Waals surface area contributed by atoms with Crippen LogP contribution in [0.1, 0.15) is 31.9 Å². The SMILES string of the molecule is CC1CCN(c2ncccc2[C@H](C)N)C1CO. The molecule has 0 spiro atoms. The molecule has 1 aliphatic rings. The minimum atomic E-state index is -0.0334. The Morgan fingerprint density at radius 3 is 3.06 bits per heavy atom. The second-order valence-corrected chi connectivity index (χ2v) is 4.91. The van der Waals surface area contributed by atoms with Crippen LogP contribution in [0.25, 0.3) is 0 Å². The van der Waals surface area contributed by atoms with Crippen LogP contribution in [0.15, 0.2) is 18.3 Å². The van der Waals surface area contributed by atoms with E-state index in [1.165, 1.54) is 0 Å². The van der Waals surface area contributed by atoms with Crippen molar-refractivity contribution in [3.8, 4) is 0 Å². The van der Waals surface area contributed by atoms with Gasteiger partial charge in [-0.1, -0.05) is 13.0 Å². The molecule has 0 aliphatic carbocycles. The van der Waals surface area contributed by atoms with Gasteiger partial charge in [0.25, 0.3) is 0 Å². The minimum absolute atomic E-state index is 0.0334. The largest absolute Gasteiger partial charge is 0.394 e. The van der Waals surface area contributed by atoms with Crippen molar-refractivity contribution in [2.45, 2.75) is 32.4 Å². The van der Waals surface area contributed by atoms with Crippen LogP contribution in [0.4, 0.5) is 5.82 Å². The molecule has 94 valence electrons. The Morgan fingerprint density at radius 2 is 2.41 bits per heavy atom. The molecule has 1 aliphatic heterocycles. The van der Waals surface area contributed by atoms with E-state index in [-0.39, 0.29) is 18.7 Å². The van der Waals surface area contributed by atoms with Crippen molar-refractivity contribution in [1.82, 2.24) is 4.98 Å². The summed E-state index contributed by atoms with van der Waals surface area (Å²) in [6.07, 6.45) is 2.89. The number of aliphatic hydroxyl groups excluding tert-OH is 1. The minimum Gasteiger partial charge on any atom is -0.394 e. The molecule has 3 atom stereocenters. The average molecular weight is 235 g/mol. The van der Waals surface area contributed by atoms with E-state index in [2.05, 4.69) is 16.8 Å². The highest BCUT2D eigenvalue weighted by Gasteiger charge is 2.32. The lowest BCUT2D eigenvalue weighted by Gasteiger charge is -2.28. The first-order valence-corrected chi connectivity index (χ1v) is 6.23. The molecule has 1 saturated heterocycles. The van der Waals surface area contributed by atoms with Crippen molar-refractivity contribution < 1.29 is 5.11 Å². The zero-order chi connectivity index (χ0) is 12.4. The second kappa shape index (κ2) is 5.02. The van der Waals surface area contributed by atoms with Gasteiger partial charge in [0.05, 0.1) is 12.6 Å².